The summed E-state index contributed by atoms with van der Waals surface area (Å²) in [5.74, 6) is 2.10. The van der Waals surface area contributed by atoms with Gasteiger partial charge in [0, 0.05) is 11.6 Å². The number of hydrogen-bond acceptors (Lipinski definition) is 5. The number of nitrogens with zero attached hydrogens (tertiary/aromatic N) is 4. The number of aryl methyl sites for hydroxylation is 1. The summed E-state index contributed by atoms with van der Waals surface area (Å²) in [7, 11) is -2.90. The second-order valence-electron chi connectivity index (χ2n) is 6.36. The van der Waals surface area contributed by atoms with Crippen molar-refractivity contribution in [1.82, 2.24) is 19.7 Å². The van der Waals surface area contributed by atoms with Crippen LogP contribution in [0.5, 0.6) is 0 Å². The van der Waals surface area contributed by atoms with E-state index in [0.29, 0.717) is 18.8 Å². The van der Waals surface area contributed by atoms with Crippen LogP contribution in [0.15, 0.2) is 30.3 Å². The van der Waals surface area contributed by atoms with Crippen LogP contribution in [0.1, 0.15) is 25.6 Å². The van der Waals surface area contributed by atoms with E-state index in [0.717, 1.165) is 30.2 Å². The third-order valence-electron chi connectivity index (χ3n) is 4.36. The lowest BCUT2D eigenvalue weighted by atomic mass is 10.2. The fraction of sp³-hybridized carbons (Fsp3) is 0.529. The molecule has 0 amide bonds. The van der Waals surface area contributed by atoms with Crippen molar-refractivity contribution in [2.75, 3.05) is 18.1 Å². The van der Waals surface area contributed by atoms with Crippen molar-refractivity contribution in [2.45, 2.75) is 39.4 Å². The van der Waals surface area contributed by atoms with Gasteiger partial charge in [-0.1, -0.05) is 37.3 Å². The van der Waals surface area contributed by atoms with Gasteiger partial charge >= 0.3 is 0 Å². The minimum absolute atomic E-state index is 0.0723. The quantitative estimate of drug-likeness (QED) is 0.800. The zero-order chi connectivity index (χ0) is 17.2. The third kappa shape index (κ3) is 3.84. The van der Waals surface area contributed by atoms with Gasteiger partial charge < -0.3 is 0 Å². The molecule has 6 nitrogen and oxygen atoms in total. The van der Waals surface area contributed by atoms with Gasteiger partial charge in [0.2, 0.25) is 0 Å². The molecular weight excluding hydrogens is 324 g/mol. The molecule has 0 bridgehead atoms. The SMILES string of the molecule is CCCN(Cn1nc(C)nc1-c1ccccc1)[C@@H]1CCS(=O)(=O)C1. The van der Waals surface area contributed by atoms with E-state index in [2.05, 4.69) is 21.9 Å². The summed E-state index contributed by atoms with van der Waals surface area (Å²) in [6.45, 7) is 5.42. The third-order valence-corrected chi connectivity index (χ3v) is 6.11. The van der Waals surface area contributed by atoms with E-state index in [1.165, 1.54) is 0 Å². The molecule has 1 aliphatic heterocycles. The lowest BCUT2D eigenvalue weighted by Crippen LogP contribution is -2.38. The number of sulfone groups is 1. The van der Waals surface area contributed by atoms with E-state index >= 15 is 0 Å². The average Bonchev–Trinajstić information content (AvgIpc) is 3.10. The normalized spacial score (nSPS) is 19.9. The Morgan fingerprint density at radius 2 is 2.04 bits per heavy atom. The Labute approximate surface area is 143 Å². The van der Waals surface area contributed by atoms with Crippen LogP contribution >= 0.6 is 0 Å². The molecule has 1 saturated heterocycles. The molecule has 0 spiro atoms. The Hall–Kier alpha value is -1.73. The molecule has 1 aromatic heterocycles. The zero-order valence-electron chi connectivity index (χ0n) is 14.2. The molecule has 1 aromatic carbocycles. The van der Waals surface area contributed by atoms with Crippen molar-refractivity contribution in [2.24, 2.45) is 0 Å². The molecule has 0 unspecified atom stereocenters. The first-order chi connectivity index (χ1) is 11.5. The molecule has 3 rings (SSSR count). The second-order valence-corrected chi connectivity index (χ2v) is 8.59. The topological polar surface area (TPSA) is 68.1 Å². The van der Waals surface area contributed by atoms with Crippen LogP contribution < -0.4 is 0 Å². The van der Waals surface area contributed by atoms with Crippen LogP contribution in [0.4, 0.5) is 0 Å². The van der Waals surface area contributed by atoms with Crippen LogP contribution in [0.2, 0.25) is 0 Å². The molecule has 1 atom stereocenters. The number of benzene rings is 1. The summed E-state index contributed by atoms with van der Waals surface area (Å²) in [5, 5.41) is 4.53. The highest BCUT2D eigenvalue weighted by Gasteiger charge is 2.32. The predicted molar refractivity (Wildman–Crippen MR) is 94.3 cm³/mol. The largest absolute Gasteiger partial charge is 0.280 e. The van der Waals surface area contributed by atoms with Crippen molar-refractivity contribution < 1.29 is 8.42 Å². The van der Waals surface area contributed by atoms with Crippen LogP contribution in [-0.4, -0.2) is 52.2 Å². The minimum atomic E-state index is -2.90. The Kier molecular flexibility index (Phi) is 5.01. The van der Waals surface area contributed by atoms with Gasteiger partial charge in [-0.05, 0) is 26.3 Å². The van der Waals surface area contributed by atoms with Gasteiger partial charge in [0.15, 0.2) is 15.7 Å². The first-order valence-electron chi connectivity index (χ1n) is 8.40. The number of hydrogen-bond donors (Lipinski definition) is 0. The maximum absolute atomic E-state index is 11.8. The standard InChI is InChI=1S/C17H24N4O2S/c1-3-10-20(16-9-11-24(22,23)12-16)13-21-17(18-14(2)19-21)15-7-5-4-6-8-15/h4-8,16H,3,9-13H2,1-2H3/t16-/m1/s1. The second kappa shape index (κ2) is 7.03. The summed E-state index contributed by atoms with van der Waals surface area (Å²) >= 11 is 0. The van der Waals surface area contributed by atoms with Gasteiger partial charge in [0.25, 0.3) is 0 Å². The summed E-state index contributed by atoms with van der Waals surface area (Å²) in [6, 6.07) is 10.1. The van der Waals surface area contributed by atoms with E-state index in [9.17, 15) is 8.42 Å². The summed E-state index contributed by atoms with van der Waals surface area (Å²) in [5.41, 5.74) is 1.02. The highest BCUT2D eigenvalue weighted by molar-refractivity contribution is 7.91. The molecule has 1 fully saturated rings. The predicted octanol–water partition coefficient (Wildman–Crippen LogP) is 2.11. The van der Waals surface area contributed by atoms with E-state index in [4.69, 9.17) is 0 Å². The molecule has 1 aliphatic rings. The Balaban J connectivity index is 1.86. The van der Waals surface area contributed by atoms with Crippen LogP contribution in [0, 0.1) is 6.92 Å². The van der Waals surface area contributed by atoms with Crippen molar-refractivity contribution in [3.63, 3.8) is 0 Å². The number of aromatic nitrogens is 3. The van der Waals surface area contributed by atoms with Crippen molar-refractivity contribution >= 4 is 9.84 Å². The minimum Gasteiger partial charge on any atom is -0.280 e. The highest BCUT2D eigenvalue weighted by atomic mass is 32.2. The fourth-order valence-electron chi connectivity index (χ4n) is 3.25. The lowest BCUT2D eigenvalue weighted by Gasteiger charge is -2.27. The van der Waals surface area contributed by atoms with Gasteiger partial charge in [-0.3, -0.25) is 4.90 Å². The van der Waals surface area contributed by atoms with Gasteiger partial charge in [-0.15, -0.1) is 0 Å². The lowest BCUT2D eigenvalue weighted by molar-refractivity contribution is 0.157. The number of rotatable bonds is 6. The first kappa shape index (κ1) is 17.1. The summed E-state index contributed by atoms with van der Waals surface area (Å²) in [4.78, 5) is 6.78. The summed E-state index contributed by atoms with van der Waals surface area (Å²) < 4.78 is 25.6. The Morgan fingerprint density at radius 3 is 2.67 bits per heavy atom. The zero-order valence-corrected chi connectivity index (χ0v) is 15.0. The van der Waals surface area contributed by atoms with Gasteiger partial charge in [-0.2, -0.15) is 5.10 Å². The van der Waals surface area contributed by atoms with Crippen LogP contribution in [0.3, 0.4) is 0 Å². The van der Waals surface area contributed by atoms with Crippen molar-refractivity contribution in [3.05, 3.63) is 36.2 Å². The van der Waals surface area contributed by atoms with E-state index in [1.54, 1.807) is 0 Å². The molecule has 0 aliphatic carbocycles. The Bertz CT molecular complexity index is 786. The molecule has 2 heterocycles. The maximum Gasteiger partial charge on any atom is 0.159 e. The van der Waals surface area contributed by atoms with Crippen LogP contribution in [-0.2, 0) is 16.5 Å². The smallest absolute Gasteiger partial charge is 0.159 e. The first-order valence-corrected chi connectivity index (χ1v) is 10.2. The molecule has 24 heavy (non-hydrogen) atoms. The Morgan fingerprint density at radius 1 is 1.29 bits per heavy atom. The van der Waals surface area contributed by atoms with Gasteiger partial charge in [-0.25, -0.2) is 18.1 Å². The molecule has 7 heteroatoms. The average molecular weight is 348 g/mol. The van der Waals surface area contributed by atoms with Crippen molar-refractivity contribution in [1.29, 1.82) is 0 Å². The molecule has 2 aromatic rings. The molecule has 0 radical (unpaired) electrons. The molecular formula is C17H24N4O2S. The van der Waals surface area contributed by atoms with Gasteiger partial charge in [0.05, 0.1) is 18.2 Å². The molecule has 0 N–H and O–H groups in total. The van der Waals surface area contributed by atoms with Crippen molar-refractivity contribution in [3.8, 4) is 11.4 Å². The van der Waals surface area contributed by atoms with E-state index < -0.39 is 9.84 Å². The van der Waals surface area contributed by atoms with Gasteiger partial charge in [0.1, 0.15) is 5.82 Å². The van der Waals surface area contributed by atoms with E-state index in [-0.39, 0.29) is 11.8 Å². The monoisotopic (exact) mass is 348 g/mol. The van der Waals surface area contributed by atoms with E-state index in [1.807, 2.05) is 41.9 Å². The molecule has 0 saturated carbocycles. The van der Waals surface area contributed by atoms with Crippen LogP contribution in [0.25, 0.3) is 11.4 Å². The fourth-order valence-corrected chi connectivity index (χ4v) is 5.01. The molecule has 130 valence electrons. The maximum atomic E-state index is 11.8. The highest BCUT2D eigenvalue weighted by Crippen LogP contribution is 2.21. The summed E-state index contributed by atoms with van der Waals surface area (Å²) in [6.07, 6.45) is 1.68.